The Morgan fingerprint density at radius 3 is 2.52 bits per heavy atom. The molecule has 0 radical (unpaired) electrons. The average molecular weight is 394 g/mol. The SMILES string of the molecule is CC(=O)c1ccc2c(c1)[C@H](NC(=O)c1ccc(F)c(Cl)c1)[C@H](O)C(C)(C)O2.[HH]. The first-order chi connectivity index (χ1) is 12.6. The predicted molar refractivity (Wildman–Crippen MR) is 101 cm³/mol. The Bertz CT molecular complexity index is 934. The Balaban J connectivity index is 0.00000280. The standard InChI is InChI=1S/C20H19ClFNO4.H2/c1-10(24)11-5-7-16-13(8-11)17(18(25)20(2,3)27-16)23-19(26)12-4-6-15(22)14(21)9-12;/h4-9,17-18,25H,1-3H3,(H,23,26);1H/t17-,18-;/m0./s1. The summed E-state index contributed by atoms with van der Waals surface area (Å²) < 4.78 is 19.2. The van der Waals surface area contributed by atoms with Gasteiger partial charge in [0, 0.05) is 18.1 Å². The number of fused-ring (bicyclic) bond motifs is 1. The summed E-state index contributed by atoms with van der Waals surface area (Å²) in [5.41, 5.74) is 0.120. The van der Waals surface area contributed by atoms with Gasteiger partial charge in [-0.1, -0.05) is 11.6 Å². The van der Waals surface area contributed by atoms with Gasteiger partial charge in [0.2, 0.25) is 0 Å². The van der Waals surface area contributed by atoms with Gasteiger partial charge in [0.1, 0.15) is 23.3 Å². The first-order valence-electron chi connectivity index (χ1n) is 8.38. The van der Waals surface area contributed by atoms with Gasteiger partial charge in [-0.15, -0.1) is 0 Å². The number of halogens is 2. The molecule has 1 aliphatic heterocycles. The fraction of sp³-hybridized carbons (Fsp3) is 0.300. The largest absolute Gasteiger partial charge is 0.485 e. The smallest absolute Gasteiger partial charge is 0.251 e. The second kappa shape index (κ2) is 6.94. The number of Topliss-reactive ketones (excluding diaryl/α,β-unsaturated/α-hetero) is 1. The fourth-order valence-corrected chi connectivity index (χ4v) is 3.22. The van der Waals surface area contributed by atoms with Gasteiger partial charge in [-0.2, -0.15) is 0 Å². The third-order valence-corrected chi connectivity index (χ3v) is 4.91. The summed E-state index contributed by atoms with van der Waals surface area (Å²) in [4.78, 5) is 24.4. The molecule has 0 saturated heterocycles. The van der Waals surface area contributed by atoms with Gasteiger partial charge >= 0.3 is 0 Å². The van der Waals surface area contributed by atoms with Crippen LogP contribution in [0.15, 0.2) is 36.4 Å². The first kappa shape index (κ1) is 19.3. The van der Waals surface area contributed by atoms with Crippen LogP contribution in [0.2, 0.25) is 5.02 Å². The van der Waals surface area contributed by atoms with E-state index in [9.17, 15) is 19.1 Å². The van der Waals surface area contributed by atoms with Gasteiger partial charge in [0.25, 0.3) is 5.91 Å². The molecule has 5 nitrogen and oxygen atoms in total. The molecule has 7 heteroatoms. The van der Waals surface area contributed by atoms with Crippen molar-refractivity contribution in [2.24, 2.45) is 0 Å². The lowest BCUT2D eigenvalue weighted by molar-refractivity contribution is -0.0627. The minimum atomic E-state index is -1.08. The molecular formula is C20H21ClFNO4. The lowest BCUT2D eigenvalue weighted by Gasteiger charge is -2.42. The molecule has 2 N–H and O–H groups in total. The second-order valence-electron chi connectivity index (χ2n) is 7.04. The summed E-state index contributed by atoms with van der Waals surface area (Å²) in [6.45, 7) is 4.83. The molecule has 0 spiro atoms. The lowest BCUT2D eigenvalue weighted by atomic mass is 9.85. The van der Waals surface area contributed by atoms with Crippen LogP contribution < -0.4 is 10.1 Å². The molecule has 1 amide bonds. The van der Waals surface area contributed by atoms with Crippen molar-refractivity contribution in [2.75, 3.05) is 0 Å². The molecule has 1 heterocycles. The van der Waals surface area contributed by atoms with E-state index in [1.807, 2.05) is 0 Å². The van der Waals surface area contributed by atoms with Crippen LogP contribution in [0.5, 0.6) is 5.75 Å². The summed E-state index contributed by atoms with van der Waals surface area (Å²) in [6, 6.07) is 7.68. The van der Waals surface area contributed by atoms with Crippen LogP contribution in [0.25, 0.3) is 0 Å². The van der Waals surface area contributed by atoms with Crippen LogP contribution >= 0.6 is 11.6 Å². The molecule has 1 aliphatic rings. The number of ether oxygens (including phenoxy) is 1. The highest BCUT2D eigenvalue weighted by Gasteiger charge is 2.43. The van der Waals surface area contributed by atoms with Crippen LogP contribution in [-0.2, 0) is 0 Å². The van der Waals surface area contributed by atoms with E-state index in [0.29, 0.717) is 16.9 Å². The summed E-state index contributed by atoms with van der Waals surface area (Å²) in [7, 11) is 0. The van der Waals surface area contributed by atoms with Gasteiger partial charge in [0.15, 0.2) is 5.78 Å². The van der Waals surface area contributed by atoms with Crippen molar-refractivity contribution in [1.29, 1.82) is 0 Å². The van der Waals surface area contributed by atoms with Gasteiger partial charge < -0.3 is 15.2 Å². The van der Waals surface area contributed by atoms with E-state index in [-0.39, 0.29) is 17.8 Å². The van der Waals surface area contributed by atoms with E-state index < -0.39 is 29.5 Å². The molecule has 0 saturated carbocycles. The number of rotatable bonds is 3. The second-order valence-corrected chi connectivity index (χ2v) is 7.45. The van der Waals surface area contributed by atoms with E-state index in [2.05, 4.69) is 5.32 Å². The van der Waals surface area contributed by atoms with Crippen LogP contribution in [0.3, 0.4) is 0 Å². The highest BCUT2D eigenvalue weighted by molar-refractivity contribution is 6.31. The van der Waals surface area contributed by atoms with Gasteiger partial charge in [-0.05, 0) is 57.2 Å². The number of nitrogens with one attached hydrogen (secondary N) is 1. The molecule has 27 heavy (non-hydrogen) atoms. The topological polar surface area (TPSA) is 75.6 Å². The highest BCUT2D eigenvalue weighted by atomic mass is 35.5. The van der Waals surface area contributed by atoms with Crippen molar-refractivity contribution in [3.8, 4) is 5.75 Å². The molecule has 0 bridgehead atoms. The predicted octanol–water partition coefficient (Wildman–Crippen LogP) is 3.93. The number of amides is 1. The van der Waals surface area contributed by atoms with Gasteiger partial charge in [-0.25, -0.2) is 4.39 Å². The van der Waals surface area contributed by atoms with E-state index in [4.69, 9.17) is 16.3 Å². The Morgan fingerprint density at radius 2 is 1.89 bits per heavy atom. The van der Waals surface area contributed by atoms with Crippen molar-refractivity contribution in [2.45, 2.75) is 38.5 Å². The Kier molecular flexibility index (Phi) is 4.97. The van der Waals surface area contributed by atoms with Gasteiger partial charge in [0.05, 0.1) is 11.1 Å². The molecule has 2 aromatic rings. The van der Waals surface area contributed by atoms with Crippen molar-refractivity contribution in [3.05, 3.63) is 63.9 Å². The van der Waals surface area contributed by atoms with Crippen molar-refractivity contribution >= 4 is 23.3 Å². The van der Waals surface area contributed by atoms with E-state index >= 15 is 0 Å². The van der Waals surface area contributed by atoms with E-state index in [0.717, 1.165) is 6.07 Å². The van der Waals surface area contributed by atoms with Gasteiger partial charge in [-0.3, -0.25) is 9.59 Å². The highest BCUT2D eigenvalue weighted by Crippen LogP contribution is 2.40. The maximum Gasteiger partial charge on any atom is 0.251 e. The third kappa shape index (κ3) is 3.68. The maximum atomic E-state index is 13.3. The molecule has 0 aliphatic carbocycles. The molecule has 2 atom stereocenters. The number of carbonyl (C=O) groups excluding carboxylic acids is 2. The van der Waals surface area contributed by atoms with Crippen LogP contribution in [0.1, 0.15) is 54.5 Å². The fourth-order valence-electron chi connectivity index (χ4n) is 3.04. The number of aliphatic hydroxyl groups is 1. The Morgan fingerprint density at radius 1 is 1.22 bits per heavy atom. The van der Waals surface area contributed by atoms with Crippen LogP contribution in [0.4, 0.5) is 4.39 Å². The molecule has 0 aromatic heterocycles. The molecule has 2 aromatic carbocycles. The minimum absolute atomic E-state index is 0. The van der Waals surface area contributed by atoms with Crippen LogP contribution in [0, 0.1) is 5.82 Å². The molecule has 144 valence electrons. The summed E-state index contributed by atoms with van der Waals surface area (Å²) in [5, 5.41) is 13.3. The number of carbonyl (C=O) groups is 2. The third-order valence-electron chi connectivity index (χ3n) is 4.62. The molecule has 0 unspecified atom stereocenters. The zero-order valence-corrected chi connectivity index (χ0v) is 15.8. The molecular weight excluding hydrogens is 373 g/mol. The molecule has 3 rings (SSSR count). The number of aliphatic hydroxyl groups excluding tert-OH is 1. The van der Waals surface area contributed by atoms with E-state index in [1.165, 1.54) is 19.1 Å². The first-order valence-corrected chi connectivity index (χ1v) is 8.76. The monoisotopic (exact) mass is 393 g/mol. The van der Waals surface area contributed by atoms with Crippen molar-refractivity contribution < 1.29 is 25.2 Å². The number of benzene rings is 2. The normalized spacial score (nSPS) is 20.4. The van der Waals surface area contributed by atoms with Crippen molar-refractivity contribution in [1.82, 2.24) is 5.32 Å². The maximum absolute atomic E-state index is 13.3. The number of hydrogen-bond acceptors (Lipinski definition) is 4. The molecule has 0 fully saturated rings. The zero-order valence-electron chi connectivity index (χ0n) is 15.0. The quantitative estimate of drug-likeness (QED) is 0.775. The Labute approximate surface area is 162 Å². The number of ketones is 1. The Hall–Kier alpha value is -2.44. The summed E-state index contributed by atoms with van der Waals surface area (Å²) >= 11 is 5.75. The van der Waals surface area contributed by atoms with Crippen molar-refractivity contribution in [3.63, 3.8) is 0 Å². The average Bonchev–Trinajstić information content (AvgIpc) is 2.60. The minimum Gasteiger partial charge on any atom is -0.485 e. The zero-order chi connectivity index (χ0) is 19.9. The lowest BCUT2D eigenvalue weighted by Crippen LogP contribution is -2.53. The summed E-state index contributed by atoms with van der Waals surface area (Å²) in [5.74, 6) is -0.833. The van der Waals surface area contributed by atoms with E-state index in [1.54, 1.807) is 32.0 Å². The number of hydrogen-bond donors (Lipinski definition) is 2. The van der Waals surface area contributed by atoms with Crippen LogP contribution in [-0.4, -0.2) is 28.5 Å². The summed E-state index contributed by atoms with van der Waals surface area (Å²) in [6.07, 6.45) is -1.08.